The lowest BCUT2D eigenvalue weighted by molar-refractivity contribution is -0.0785. The molecule has 1 saturated carbocycles. The molecule has 1 aliphatic heterocycles. The molecule has 2 aliphatic rings. The molecule has 1 aliphatic carbocycles. The third-order valence-electron chi connectivity index (χ3n) is 2.80. The Hall–Kier alpha value is -0.0851. The number of halogens is 1. The first-order chi connectivity index (χ1) is 5.24. The summed E-state index contributed by atoms with van der Waals surface area (Å²) in [5.74, 6) is 0.474. The molecule has 0 spiro atoms. The van der Waals surface area contributed by atoms with E-state index in [1.807, 2.05) is 0 Å². The molecule has 0 aromatic heterocycles. The van der Waals surface area contributed by atoms with E-state index in [2.05, 4.69) is 0 Å². The summed E-state index contributed by atoms with van der Waals surface area (Å²) < 4.78 is 18.4. The first-order valence-electron chi connectivity index (χ1n) is 4.14. The number of alkyl halides is 1. The molecular weight excluding hydrogens is 146 g/mol. The van der Waals surface area contributed by atoms with Crippen LogP contribution in [-0.2, 0) is 4.74 Å². The maximum Gasteiger partial charge on any atom is 0.143 e. The fourth-order valence-corrected chi connectivity index (χ4v) is 2.01. The van der Waals surface area contributed by atoms with Gasteiger partial charge in [-0.3, -0.25) is 0 Å². The van der Waals surface area contributed by atoms with Gasteiger partial charge in [-0.05, 0) is 18.3 Å². The van der Waals surface area contributed by atoms with Crippen LogP contribution in [0.2, 0.25) is 0 Å². The van der Waals surface area contributed by atoms with Crippen LogP contribution in [0.5, 0.6) is 0 Å². The summed E-state index contributed by atoms with van der Waals surface area (Å²) in [7, 11) is 1.74. The summed E-state index contributed by atoms with van der Waals surface area (Å²) in [5.41, 5.74) is 0. The van der Waals surface area contributed by atoms with Gasteiger partial charge in [0.05, 0.1) is 18.7 Å². The Labute approximate surface area is 66.1 Å². The standard InChI is InChI=1S/C7H12BFO2/c8-7-6(9)4-1-3(4)5(2-10)11-7/h3-7,10H,1-2,8H2/t3?,4?,5-,6?,7-/m1/s1. The second kappa shape index (κ2) is 2.46. The van der Waals surface area contributed by atoms with Gasteiger partial charge in [0.2, 0.25) is 0 Å². The Bertz CT molecular complexity index is 163. The molecule has 4 heteroatoms. The summed E-state index contributed by atoms with van der Waals surface area (Å²) in [6.07, 6.45) is 0.00120. The minimum atomic E-state index is -0.803. The van der Waals surface area contributed by atoms with Crippen molar-refractivity contribution in [2.75, 3.05) is 6.61 Å². The van der Waals surface area contributed by atoms with Crippen LogP contribution in [-0.4, -0.2) is 37.8 Å². The van der Waals surface area contributed by atoms with Gasteiger partial charge < -0.3 is 9.84 Å². The van der Waals surface area contributed by atoms with Crippen molar-refractivity contribution in [1.29, 1.82) is 0 Å². The molecule has 1 heterocycles. The average Bonchev–Trinajstić information content (AvgIpc) is 2.76. The van der Waals surface area contributed by atoms with Crippen molar-refractivity contribution in [3.63, 3.8) is 0 Å². The third kappa shape index (κ3) is 1.09. The Kier molecular flexibility index (Phi) is 1.69. The van der Waals surface area contributed by atoms with Crippen molar-refractivity contribution < 1.29 is 14.2 Å². The molecule has 2 fully saturated rings. The van der Waals surface area contributed by atoms with E-state index in [-0.39, 0.29) is 24.6 Å². The molecule has 2 rings (SSSR count). The average molecular weight is 158 g/mol. The van der Waals surface area contributed by atoms with E-state index in [0.29, 0.717) is 5.92 Å². The summed E-state index contributed by atoms with van der Waals surface area (Å²) in [6.45, 7) is 0.0399. The molecule has 1 N–H and O–H groups in total. The molecule has 0 radical (unpaired) electrons. The molecule has 2 nitrogen and oxygen atoms in total. The quantitative estimate of drug-likeness (QED) is 0.512. The largest absolute Gasteiger partial charge is 0.394 e. The van der Waals surface area contributed by atoms with Crippen LogP contribution in [0.25, 0.3) is 0 Å². The predicted molar refractivity (Wildman–Crippen MR) is 40.8 cm³/mol. The van der Waals surface area contributed by atoms with Gasteiger partial charge >= 0.3 is 0 Å². The van der Waals surface area contributed by atoms with Gasteiger partial charge in [-0.2, -0.15) is 0 Å². The maximum absolute atomic E-state index is 13.1. The molecule has 1 saturated heterocycles. The molecule has 0 aromatic rings. The number of fused-ring (bicyclic) bond motifs is 1. The van der Waals surface area contributed by atoms with Crippen molar-refractivity contribution in [2.45, 2.75) is 24.7 Å². The first kappa shape index (κ1) is 7.56. The van der Waals surface area contributed by atoms with Crippen molar-refractivity contribution in [3.8, 4) is 0 Å². The zero-order valence-corrected chi connectivity index (χ0v) is 6.53. The van der Waals surface area contributed by atoms with Crippen LogP contribution in [0.1, 0.15) is 6.42 Å². The van der Waals surface area contributed by atoms with E-state index < -0.39 is 6.17 Å². The van der Waals surface area contributed by atoms with Gasteiger partial charge in [-0.15, -0.1) is 0 Å². The van der Waals surface area contributed by atoms with Crippen LogP contribution < -0.4 is 0 Å². The van der Waals surface area contributed by atoms with Crippen LogP contribution in [0.15, 0.2) is 0 Å². The minimum Gasteiger partial charge on any atom is -0.394 e. The number of aliphatic hydroxyl groups excluding tert-OH is 1. The molecule has 0 amide bonds. The number of hydrogen-bond donors (Lipinski definition) is 1. The van der Waals surface area contributed by atoms with Crippen molar-refractivity contribution in [3.05, 3.63) is 0 Å². The monoisotopic (exact) mass is 158 g/mol. The molecule has 5 atom stereocenters. The molecule has 0 bridgehead atoms. The van der Waals surface area contributed by atoms with Crippen LogP contribution in [0, 0.1) is 11.8 Å². The lowest BCUT2D eigenvalue weighted by Gasteiger charge is -2.29. The second-order valence-corrected chi connectivity index (χ2v) is 3.57. The highest BCUT2D eigenvalue weighted by Crippen LogP contribution is 2.50. The Morgan fingerprint density at radius 1 is 1.55 bits per heavy atom. The molecular formula is C7H12BFO2. The van der Waals surface area contributed by atoms with E-state index in [0.717, 1.165) is 6.42 Å². The number of ether oxygens (including phenoxy) is 1. The highest BCUT2D eigenvalue weighted by Gasteiger charge is 2.54. The number of rotatable bonds is 1. The molecule has 62 valence electrons. The summed E-state index contributed by atoms with van der Waals surface area (Å²) in [5, 5.41) is 8.84. The van der Waals surface area contributed by atoms with Crippen LogP contribution in [0.3, 0.4) is 0 Å². The predicted octanol–water partition coefficient (Wildman–Crippen LogP) is -0.689. The zero-order valence-electron chi connectivity index (χ0n) is 6.53. The highest BCUT2D eigenvalue weighted by molar-refractivity contribution is 6.11. The SMILES string of the molecule is B[C@@H]1O[C@H](CO)C2CC2C1F. The lowest BCUT2D eigenvalue weighted by Crippen LogP contribution is -2.40. The van der Waals surface area contributed by atoms with Gasteiger partial charge in [0, 0.05) is 0 Å². The van der Waals surface area contributed by atoms with Gasteiger partial charge in [0.15, 0.2) is 0 Å². The van der Waals surface area contributed by atoms with Crippen molar-refractivity contribution in [2.24, 2.45) is 11.8 Å². The highest BCUT2D eigenvalue weighted by atomic mass is 19.1. The van der Waals surface area contributed by atoms with E-state index in [1.54, 1.807) is 7.85 Å². The van der Waals surface area contributed by atoms with Gasteiger partial charge in [0.25, 0.3) is 0 Å². The number of hydrogen-bond acceptors (Lipinski definition) is 2. The van der Waals surface area contributed by atoms with E-state index >= 15 is 0 Å². The molecule has 0 aromatic carbocycles. The smallest absolute Gasteiger partial charge is 0.143 e. The van der Waals surface area contributed by atoms with Gasteiger partial charge in [-0.1, -0.05) is 0 Å². The van der Waals surface area contributed by atoms with E-state index in [4.69, 9.17) is 9.84 Å². The number of aliphatic hydroxyl groups is 1. The minimum absolute atomic E-state index is 0.0399. The summed E-state index contributed by atoms with van der Waals surface area (Å²) >= 11 is 0. The van der Waals surface area contributed by atoms with Crippen LogP contribution >= 0.6 is 0 Å². The second-order valence-electron chi connectivity index (χ2n) is 3.57. The van der Waals surface area contributed by atoms with Crippen molar-refractivity contribution in [1.82, 2.24) is 0 Å². The fourth-order valence-electron chi connectivity index (χ4n) is 2.01. The molecule has 3 unspecified atom stereocenters. The lowest BCUT2D eigenvalue weighted by atomic mass is 9.89. The summed E-state index contributed by atoms with van der Waals surface area (Å²) in [6, 6.07) is -0.323. The zero-order chi connectivity index (χ0) is 8.01. The van der Waals surface area contributed by atoms with Crippen molar-refractivity contribution >= 4 is 7.85 Å². The Morgan fingerprint density at radius 2 is 2.27 bits per heavy atom. The fraction of sp³-hybridized carbons (Fsp3) is 1.00. The third-order valence-corrected chi connectivity index (χ3v) is 2.80. The normalized spacial score (nSPS) is 55.3. The topological polar surface area (TPSA) is 29.5 Å². The van der Waals surface area contributed by atoms with E-state index in [1.165, 1.54) is 0 Å². The summed E-state index contributed by atoms with van der Waals surface area (Å²) in [4.78, 5) is 0. The van der Waals surface area contributed by atoms with E-state index in [9.17, 15) is 4.39 Å². The Balaban J connectivity index is 2.02. The Morgan fingerprint density at radius 3 is 2.91 bits per heavy atom. The van der Waals surface area contributed by atoms with Crippen LogP contribution in [0.4, 0.5) is 4.39 Å². The van der Waals surface area contributed by atoms with Gasteiger partial charge in [0.1, 0.15) is 14.0 Å². The first-order valence-corrected chi connectivity index (χ1v) is 4.14. The molecule has 11 heavy (non-hydrogen) atoms. The van der Waals surface area contributed by atoms with Gasteiger partial charge in [-0.25, -0.2) is 4.39 Å². The maximum atomic E-state index is 13.1.